The molecule has 3 aliphatic heterocycles. The molecule has 3 fully saturated rings. The van der Waals surface area contributed by atoms with E-state index < -0.39 is 5.54 Å². The van der Waals surface area contributed by atoms with Gasteiger partial charge in [0.15, 0.2) is 0 Å². The molecule has 1 unspecified atom stereocenters. The summed E-state index contributed by atoms with van der Waals surface area (Å²) in [7, 11) is 0. The molecule has 1 atom stereocenters. The van der Waals surface area contributed by atoms with Gasteiger partial charge in [-0.3, -0.25) is 0 Å². The number of amides is 2. The first-order valence-corrected chi connectivity index (χ1v) is 10.4. The van der Waals surface area contributed by atoms with E-state index in [4.69, 9.17) is 0 Å². The molecule has 0 spiro atoms. The second-order valence-corrected chi connectivity index (χ2v) is 8.77. The third-order valence-corrected chi connectivity index (χ3v) is 6.00. The third-order valence-electron chi connectivity index (χ3n) is 6.00. The highest BCUT2D eigenvalue weighted by molar-refractivity contribution is 5.76. The van der Waals surface area contributed by atoms with Gasteiger partial charge in [-0.2, -0.15) is 0 Å². The first kappa shape index (κ1) is 20.7. The Morgan fingerprint density at radius 2 is 1.96 bits per heavy atom. The number of halogens is 1. The van der Waals surface area contributed by atoms with Crippen LogP contribution in [-0.2, 0) is 0 Å². The average Bonchev–Trinajstić information content (AvgIpc) is 2.66. The van der Waals surface area contributed by atoms with Gasteiger partial charge in [0.1, 0.15) is 5.82 Å². The fourth-order valence-electron chi connectivity index (χ4n) is 4.49. The normalized spacial score (nSPS) is 26.3. The summed E-state index contributed by atoms with van der Waals surface area (Å²) in [5.74, 6) is 6.40. The highest BCUT2D eigenvalue weighted by Gasteiger charge is 2.47. The van der Waals surface area contributed by atoms with Gasteiger partial charge in [-0.05, 0) is 76.4 Å². The quantitative estimate of drug-likeness (QED) is 0.755. The Morgan fingerprint density at radius 1 is 1.29 bits per heavy atom. The number of carbonyl (C=O) groups excluding carboxylic acids is 1. The summed E-state index contributed by atoms with van der Waals surface area (Å²) in [5, 5.41) is 6.38. The number of unbranched alkanes of at least 4 members (excludes halogenated alkanes) is 1. The van der Waals surface area contributed by atoms with Crippen LogP contribution in [0.2, 0.25) is 0 Å². The molecule has 0 saturated carbocycles. The highest BCUT2D eigenvalue weighted by atomic mass is 19.1. The van der Waals surface area contributed by atoms with Crippen molar-refractivity contribution in [1.82, 2.24) is 15.5 Å². The number of nitrogens with zero attached hydrogens (tertiary/aromatic N) is 1. The Kier molecular flexibility index (Phi) is 6.30. The van der Waals surface area contributed by atoms with Crippen molar-refractivity contribution in [3.63, 3.8) is 0 Å². The van der Waals surface area contributed by atoms with Gasteiger partial charge in [0, 0.05) is 12.1 Å². The van der Waals surface area contributed by atoms with Crippen LogP contribution in [0, 0.1) is 23.6 Å². The Morgan fingerprint density at radius 3 is 2.54 bits per heavy atom. The number of hydrogen-bond acceptors (Lipinski definition) is 2. The highest BCUT2D eigenvalue weighted by Crippen LogP contribution is 2.38. The molecule has 2 amide bonds. The van der Waals surface area contributed by atoms with Crippen LogP contribution in [0.3, 0.4) is 0 Å². The van der Waals surface area contributed by atoms with Crippen molar-refractivity contribution >= 4 is 6.03 Å². The second kappa shape index (κ2) is 8.53. The number of hydrogen-bond donors (Lipinski definition) is 2. The minimum atomic E-state index is -0.682. The van der Waals surface area contributed by atoms with E-state index in [9.17, 15) is 9.18 Å². The third kappa shape index (κ3) is 5.05. The predicted molar refractivity (Wildman–Crippen MR) is 110 cm³/mol. The molecule has 0 aliphatic carbocycles. The topological polar surface area (TPSA) is 44.4 Å². The number of rotatable bonds is 5. The van der Waals surface area contributed by atoms with Crippen molar-refractivity contribution in [1.29, 1.82) is 0 Å². The first-order valence-electron chi connectivity index (χ1n) is 10.4. The monoisotopic (exact) mass is 385 g/mol. The van der Waals surface area contributed by atoms with E-state index in [1.807, 2.05) is 13.8 Å². The van der Waals surface area contributed by atoms with Gasteiger partial charge in [0.05, 0.1) is 11.1 Å². The maximum atomic E-state index is 13.0. The van der Waals surface area contributed by atoms with E-state index in [2.05, 4.69) is 34.3 Å². The molecule has 2 N–H and O–H groups in total. The van der Waals surface area contributed by atoms with Gasteiger partial charge >= 0.3 is 6.03 Å². The van der Waals surface area contributed by atoms with Gasteiger partial charge in [-0.15, -0.1) is 0 Å². The molecule has 5 heteroatoms. The number of urea groups is 1. The first-order chi connectivity index (χ1) is 13.3. The molecule has 4 nitrogen and oxygen atoms in total. The van der Waals surface area contributed by atoms with E-state index in [0.717, 1.165) is 57.3 Å². The van der Waals surface area contributed by atoms with Crippen LogP contribution in [0.5, 0.6) is 0 Å². The van der Waals surface area contributed by atoms with Crippen molar-refractivity contribution in [2.24, 2.45) is 5.92 Å². The predicted octanol–water partition coefficient (Wildman–Crippen LogP) is 3.91. The number of benzene rings is 1. The molecule has 1 aromatic rings. The number of nitrogens with one attached hydrogen (secondary N) is 2. The van der Waals surface area contributed by atoms with Crippen LogP contribution >= 0.6 is 0 Å². The zero-order chi connectivity index (χ0) is 20.2. The fraction of sp³-hybridized carbons (Fsp3) is 0.609. The van der Waals surface area contributed by atoms with Crippen LogP contribution < -0.4 is 10.6 Å². The van der Waals surface area contributed by atoms with E-state index >= 15 is 0 Å². The standard InChI is InChI=1S/C23H32FN3O/c1-4-5-13-23(17-27-15-11-19(23)12-16-27)26-21(28)25-22(2,3)14-10-18-6-8-20(24)9-7-18/h6-9,19H,4-5,11-13,15-17H2,1-3H3,(H2,25,26,28). The van der Waals surface area contributed by atoms with Gasteiger partial charge in [0.2, 0.25) is 0 Å². The number of fused-ring (bicyclic) bond motifs is 3. The molecule has 0 aromatic heterocycles. The van der Waals surface area contributed by atoms with Crippen molar-refractivity contribution in [2.75, 3.05) is 19.6 Å². The van der Waals surface area contributed by atoms with E-state index in [-0.39, 0.29) is 17.4 Å². The number of carbonyl (C=O) groups is 1. The number of piperidine rings is 3. The largest absolute Gasteiger partial charge is 0.331 e. The lowest BCUT2D eigenvalue weighted by Crippen LogP contribution is -2.68. The molecule has 0 radical (unpaired) electrons. The zero-order valence-corrected chi connectivity index (χ0v) is 17.3. The molecular formula is C23H32FN3O. The summed E-state index contributed by atoms with van der Waals surface area (Å²) in [6, 6.07) is 5.92. The maximum Gasteiger partial charge on any atom is 0.316 e. The van der Waals surface area contributed by atoms with E-state index in [1.165, 1.54) is 12.1 Å². The molecular weight excluding hydrogens is 353 g/mol. The summed E-state index contributed by atoms with van der Waals surface area (Å²) >= 11 is 0. The average molecular weight is 386 g/mol. The lowest BCUT2D eigenvalue weighted by Gasteiger charge is -2.54. The molecule has 3 saturated heterocycles. The molecule has 1 aromatic carbocycles. The summed E-state index contributed by atoms with van der Waals surface area (Å²) in [6.07, 6.45) is 5.61. The minimum Gasteiger partial charge on any atom is -0.331 e. The molecule has 3 heterocycles. The van der Waals surface area contributed by atoms with Gasteiger partial charge in [0.25, 0.3) is 0 Å². The fourth-order valence-corrected chi connectivity index (χ4v) is 4.49. The summed E-state index contributed by atoms with van der Waals surface area (Å²) in [4.78, 5) is 15.4. The van der Waals surface area contributed by atoms with Crippen molar-refractivity contribution in [2.45, 2.75) is 64.0 Å². The Balaban J connectivity index is 1.66. The van der Waals surface area contributed by atoms with Crippen molar-refractivity contribution in [3.05, 3.63) is 35.6 Å². The summed E-state index contributed by atoms with van der Waals surface area (Å²) in [6.45, 7) is 9.22. The Labute approximate surface area is 168 Å². The van der Waals surface area contributed by atoms with Crippen LogP contribution in [0.4, 0.5) is 9.18 Å². The van der Waals surface area contributed by atoms with Gasteiger partial charge in [-0.1, -0.05) is 31.6 Å². The van der Waals surface area contributed by atoms with Gasteiger partial charge in [-0.25, -0.2) is 9.18 Å². The smallest absolute Gasteiger partial charge is 0.316 e. The Bertz CT molecular complexity index is 741. The summed E-state index contributed by atoms with van der Waals surface area (Å²) in [5.41, 5.74) is -0.0800. The molecule has 3 aliphatic rings. The maximum absolute atomic E-state index is 13.0. The second-order valence-electron chi connectivity index (χ2n) is 8.77. The van der Waals surface area contributed by atoms with Crippen LogP contribution in [0.25, 0.3) is 0 Å². The van der Waals surface area contributed by atoms with Crippen molar-refractivity contribution in [3.8, 4) is 11.8 Å². The van der Waals surface area contributed by atoms with E-state index in [1.54, 1.807) is 12.1 Å². The molecule has 28 heavy (non-hydrogen) atoms. The van der Waals surface area contributed by atoms with Crippen LogP contribution in [0.15, 0.2) is 24.3 Å². The molecule has 2 bridgehead atoms. The molecule has 152 valence electrons. The minimum absolute atomic E-state index is 0.128. The molecule has 4 rings (SSSR count). The van der Waals surface area contributed by atoms with Crippen molar-refractivity contribution < 1.29 is 9.18 Å². The van der Waals surface area contributed by atoms with Crippen LogP contribution in [-0.4, -0.2) is 41.6 Å². The van der Waals surface area contributed by atoms with Gasteiger partial charge < -0.3 is 15.5 Å². The lowest BCUT2D eigenvalue weighted by atomic mass is 9.70. The van der Waals surface area contributed by atoms with Crippen LogP contribution in [0.1, 0.15) is 58.4 Å². The SMILES string of the molecule is CCCCC1(NC(=O)NC(C)(C)C#Cc2ccc(F)cc2)CN2CCC1CC2. The summed E-state index contributed by atoms with van der Waals surface area (Å²) < 4.78 is 13.0. The van der Waals surface area contributed by atoms with E-state index in [0.29, 0.717) is 5.92 Å². The zero-order valence-electron chi connectivity index (χ0n) is 17.3. The Hall–Kier alpha value is -2.06. The lowest BCUT2D eigenvalue weighted by molar-refractivity contribution is 0.00631.